The molecule has 1 fully saturated rings. The van der Waals surface area contributed by atoms with Gasteiger partial charge in [-0.25, -0.2) is 9.59 Å². The summed E-state index contributed by atoms with van der Waals surface area (Å²) >= 11 is 0. The molecule has 7 nitrogen and oxygen atoms in total. The molecular weight excluding hydrogens is 396 g/mol. The van der Waals surface area contributed by atoms with Crippen molar-refractivity contribution in [3.63, 3.8) is 0 Å². The summed E-state index contributed by atoms with van der Waals surface area (Å²) in [4.78, 5) is 26.2. The van der Waals surface area contributed by atoms with Gasteiger partial charge in [-0.3, -0.25) is 0 Å². The normalized spacial score (nSPS) is 15.7. The van der Waals surface area contributed by atoms with Crippen LogP contribution >= 0.6 is 0 Å². The number of ether oxygens (including phenoxy) is 3. The molecule has 2 aromatic rings. The number of carbonyl (C=O) groups is 2. The van der Waals surface area contributed by atoms with Crippen molar-refractivity contribution in [1.29, 1.82) is 0 Å². The number of methoxy groups -OCH3 is 2. The first-order valence-corrected chi connectivity index (χ1v) is 10.3. The Balaban J connectivity index is 1.68. The van der Waals surface area contributed by atoms with E-state index in [4.69, 9.17) is 14.2 Å². The van der Waals surface area contributed by atoms with Crippen molar-refractivity contribution < 1.29 is 23.8 Å². The van der Waals surface area contributed by atoms with E-state index in [1.807, 2.05) is 47.4 Å². The minimum Gasteiger partial charge on any atom is -0.497 e. The highest BCUT2D eigenvalue weighted by molar-refractivity contribution is 5.90. The Bertz CT molecular complexity index is 939. The maximum Gasteiger partial charge on any atom is 0.330 e. The van der Waals surface area contributed by atoms with E-state index in [1.165, 1.54) is 6.08 Å². The summed E-state index contributed by atoms with van der Waals surface area (Å²) in [5.74, 6) is 1.04. The Morgan fingerprint density at radius 1 is 1.13 bits per heavy atom. The molecule has 1 aliphatic rings. The molecule has 1 unspecified atom stereocenters. The fourth-order valence-electron chi connectivity index (χ4n) is 3.65. The van der Waals surface area contributed by atoms with Gasteiger partial charge in [-0.2, -0.15) is 0 Å². The van der Waals surface area contributed by atoms with Crippen molar-refractivity contribution in [3.8, 4) is 11.5 Å². The number of rotatable bonds is 7. The van der Waals surface area contributed by atoms with Crippen LogP contribution in [0.1, 0.15) is 36.9 Å². The van der Waals surface area contributed by atoms with Crippen molar-refractivity contribution in [2.75, 3.05) is 32.7 Å². The molecule has 0 aromatic heterocycles. The van der Waals surface area contributed by atoms with E-state index >= 15 is 0 Å². The molecule has 2 amide bonds. The predicted molar refractivity (Wildman–Crippen MR) is 119 cm³/mol. The van der Waals surface area contributed by atoms with Gasteiger partial charge in [0.25, 0.3) is 0 Å². The van der Waals surface area contributed by atoms with Crippen LogP contribution in [-0.4, -0.2) is 44.3 Å². The number of carbonyl (C=O) groups excluding carboxylic acids is 2. The Morgan fingerprint density at radius 3 is 2.58 bits per heavy atom. The Morgan fingerprint density at radius 2 is 1.90 bits per heavy atom. The molecule has 1 heterocycles. The number of nitrogens with one attached hydrogen (secondary N) is 1. The number of esters is 1. The molecular formula is C24H28N2O5. The lowest BCUT2D eigenvalue weighted by Gasteiger charge is -2.26. The maximum absolute atomic E-state index is 13.0. The number of hydrogen-bond acceptors (Lipinski definition) is 5. The molecule has 7 heteroatoms. The van der Waals surface area contributed by atoms with Crippen LogP contribution in [0.2, 0.25) is 0 Å². The van der Waals surface area contributed by atoms with E-state index in [9.17, 15) is 9.59 Å². The van der Waals surface area contributed by atoms with Gasteiger partial charge in [-0.05, 0) is 55.7 Å². The van der Waals surface area contributed by atoms with E-state index < -0.39 is 0 Å². The molecule has 0 saturated carbocycles. The highest BCUT2D eigenvalue weighted by Crippen LogP contribution is 2.38. The van der Waals surface area contributed by atoms with Crippen molar-refractivity contribution in [2.45, 2.75) is 25.8 Å². The van der Waals surface area contributed by atoms with Gasteiger partial charge in [0.05, 0.1) is 26.9 Å². The van der Waals surface area contributed by atoms with E-state index in [0.717, 1.165) is 24.0 Å². The molecule has 0 radical (unpaired) electrons. The summed E-state index contributed by atoms with van der Waals surface area (Å²) in [5.41, 5.74) is 2.49. The second-order valence-electron chi connectivity index (χ2n) is 7.10. The third-order valence-electron chi connectivity index (χ3n) is 5.17. The summed E-state index contributed by atoms with van der Waals surface area (Å²) in [6.07, 6.45) is 4.85. The third-order valence-corrected chi connectivity index (χ3v) is 5.17. The van der Waals surface area contributed by atoms with Crippen LogP contribution in [0.3, 0.4) is 0 Å². The number of hydrogen-bond donors (Lipinski definition) is 1. The van der Waals surface area contributed by atoms with E-state index in [-0.39, 0.29) is 18.0 Å². The summed E-state index contributed by atoms with van der Waals surface area (Å²) in [5, 5.41) is 2.96. The van der Waals surface area contributed by atoms with Crippen molar-refractivity contribution in [3.05, 3.63) is 59.7 Å². The zero-order valence-corrected chi connectivity index (χ0v) is 18.1. The average Bonchev–Trinajstić information content (AvgIpc) is 3.28. The van der Waals surface area contributed by atoms with Crippen LogP contribution in [0.4, 0.5) is 10.5 Å². The summed E-state index contributed by atoms with van der Waals surface area (Å²) in [7, 11) is 3.23. The molecule has 0 bridgehead atoms. The summed E-state index contributed by atoms with van der Waals surface area (Å²) < 4.78 is 15.7. The molecule has 31 heavy (non-hydrogen) atoms. The molecule has 164 valence electrons. The number of benzene rings is 2. The average molecular weight is 424 g/mol. The van der Waals surface area contributed by atoms with Gasteiger partial charge in [0.15, 0.2) is 0 Å². The van der Waals surface area contributed by atoms with Gasteiger partial charge >= 0.3 is 12.0 Å². The minimum atomic E-state index is -0.381. The lowest BCUT2D eigenvalue weighted by atomic mass is 10.0. The van der Waals surface area contributed by atoms with Crippen LogP contribution in [-0.2, 0) is 9.53 Å². The fraction of sp³-hybridized carbons (Fsp3) is 0.333. The summed E-state index contributed by atoms with van der Waals surface area (Å²) in [6, 6.07) is 12.7. The monoisotopic (exact) mass is 424 g/mol. The number of likely N-dealkylation sites (tertiary alicyclic amines) is 1. The molecule has 0 aliphatic carbocycles. The number of amides is 2. The molecule has 1 N–H and O–H groups in total. The van der Waals surface area contributed by atoms with Crippen molar-refractivity contribution in [1.82, 2.24) is 4.90 Å². The largest absolute Gasteiger partial charge is 0.497 e. The zero-order chi connectivity index (χ0) is 22.2. The topological polar surface area (TPSA) is 77.1 Å². The van der Waals surface area contributed by atoms with E-state index in [0.29, 0.717) is 30.3 Å². The highest BCUT2D eigenvalue weighted by atomic mass is 16.5. The lowest BCUT2D eigenvalue weighted by molar-refractivity contribution is -0.137. The maximum atomic E-state index is 13.0. The lowest BCUT2D eigenvalue weighted by Crippen LogP contribution is -2.34. The molecule has 0 spiro atoms. The van der Waals surface area contributed by atoms with Gasteiger partial charge < -0.3 is 24.4 Å². The first-order chi connectivity index (χ1) is 15.0. The Hall–Kier alpha value is -3.48. The number of urea groups is 1. The van der Waals surface area contributed by atoms with Crippen LogP contribution in [0, 0.1) is 0 Å². The number of anilines is 1. The quantitative estimate of drug-likeness (QED) is 0.517. The van der Waals surface area contributed by atoms with Crippen LogP contribution in [0.25, 0.3) is 6.08 Å². The van der Waals surface area contributed by atoms with Gasteiger partial charge in [-0.1, -0.05) is 12.1 Å². The third kappa shape index (κ3) is 5.57. The molecule has 3 rings (SSSR count). The first kappa shape index (κ1) is 22.2. The van der Waals surface area contributed by atoms with Gasteiger partial charge in [0.1, 0.15) is 11.5 Å². The first-order valence-electron chi connectivity index (χ1n) is 10.3. The summed E-state index contributed by atoms with van der Waals surface area (Å²) in [6.45, 7) is 2.78. The van der Waals surface area contributed by atoms with Crippen LogP contribution < -0.4 is 14.8 Å². The van der Waals surface area contributed by atoms with Crippen LogP contribution in [0.5, 0.6) is 11.5 Å². The SMILES string of the molecule is CCOC(=O)C=Cc1ccc(NC(=O)N2CCCC2c2ccc(OC)cc2OC)cc1. The second kappa shape index (κ2) is 10.5. The predicted octanol–water partition coefficient (Wildman–Crippen LogP) is 4.65. The minimum absolute atomic E-state index is 0.0624. The van der Waals surface area contributed by atoms with E-state index in [1.54, 1.807) is 27.2 Å². The highest BCUT2D eigenvalue weighted by Gasteiger charge is 2.32. The van der Waals surface area contributed by atoms with Crippen molar-refractivity contribution in [2.24, 2.45) is 0 Å². The van der Waals surface area contributed by atoms with Crippen molar-refractivity contribution >= 4 is 23.8 Å². The molecule has 2 aromatic carbocycles. The van der Waals surface area contributed by atoms with Gasteiger partial charge in [0, 0.05) is 29.9 Å². The fourth-order valence-corrected chi connectivity index (χ4v) is 3.65. The van der Waals surface area contributed by atoms with Gasteiger partial charge in [-0.15, -0.1) is 0 Å². The smallest absolute Gasteiger partial charge is 0.330 e. The van der Waals surface area contributed by atoms with E-state index in [2.05, 4.69) is 5.32 Å². The molecule has 1 saturated heterocycles. The standard InChI is InChI=1S/C24H28N2O5/c1-4-31-23(27)14-9-17-7-10-18(11-8-17)25-24(28)26-15-5-6-21(26)20-13-12-19(29-2)16-22(20)30-3/h7-14,16,21H,4-6,15H2,1-3H3,(H,25,28). The molecule has 1 atom stereocenters. The Kier molecular flexibility index (Phi) is 7.54. The van der Waals surface area contributed by atoms with Gasteiger partial charge in [0.2, 0.25) is 0 Å². The van der Waals surface area contributed by atoms with Crippen LogP contribution in [0.15, 0.2) is 48.5 Å². The molecule has 1 aliphatic heterocycles. The Labute approximate surface area is 182 Å². The zero-order valence-electron chi connectivity index (χ0n) is 18.1. The number of nitrogens with zero attached hydrogens (tertiary/aromatic N) is 1. The second-order valence-corrected chi connectivity index (χ2v) is 7.10.